The summed E-state index contributed by atoms with van der Waals surface area (Å²) in [6.07, 6.45) is 11.3. The first kappa shape index (κ1) is 14.4. The Morgan fingerprint density at radius 2 is 1.95 bits per heavy atom. The first-order valence-electron chi connectivity index (χ1n) is 8.06. The molecule has 2 aliphatic rings. The zero-order chi connectivity index (χ0) is 13.6. The van der Waals surface area contributed by atoms with Crippen LogP contribution in [-0.2, 0) is 17.6 Å². The maximum atomic E-state index is 5.76. The molecule has 0 radical (unpaired) electrons. The number of aryl methyl sites for hydroxylation is 2. The van der Waals surface area contributed by atoms with Crippen molar-refractivity contribution in [2.45, 2.75) is 69.9 Å². The molecule has 1 saturated carbocycles. The lowest BCUT2D eigenvalue weighted by Gasteiger charge is -2.21. The first-order valence-corrected chi connectivity index (χ1v) is 8.88. The Morgan fingerprint density at radius 1 is 1.10 bits per heavy atom. The van der Waals surface area contributed by atoms with Gasteiger partial charge in [-0.25, -0.2) is 0 Å². The van der Waals surface area contributed by atoms with E-state index in [0.29, 0.717) is 6.10 Å². The monoisotopic (exact) mass is 295 g/mol. The van der Waals surface area contributed by atoms with Crippen molar-refractivity contribution < 1.29 is 4.74 Å². The molecule has 2 fully saturated rings. The van der Waals surface area contributed by atoms with Crippen LogP contribution in [0.25, 0.3) is 0 Å². The third-order valence-electron chi connectivity index (χ3n) is 4.04. The third-order valence-corrected chi connectivity index (χ3v) is 5.08. The molecule has 112 valence electrons. The fraction of sp³-hybridized carbons (Fsp3) is 0.867. The van der Waals surface area contributed by atoms with E-state index < -0.39 is 0 Å². The molecule has 1 aliphatic carbocycles. The van der Waals surface area contributed by atoms with Gasteiger partial charge in [0.15, 0.2) is 0 Å². The van der Waals surface area contributed by atoms with E-state index in [1.165, 1.54) is 48.5 Å². The minimum absolute atomic E-state index is 0.457. The summed E-state index contributed by atoms with van der Waals surface area (Å²) in [4.78, 5) is 0. The smallest absolute Gasteiger partial charge is 0.117 e. The highest BCUT2D eigenvalue weighted by Crippen LogP contribution is 2.20. The van der Waals surface area contributed by atoms with Gasteiger partial charge >= 0.3 is 0 Å². The van der Waals surface area contributed by atoms with Crippen molar-refractivity contribution in [3.05, 3.63) is 10.0 Å². The molecule has 5 heteroatoms. The number of hydrogen-bond acceptors (Lipinski definition) is 5. The van der Waals surface area contributed by atoms with Crippen molar-refractivity contribution in [2.75, 3.05) is 13.2 Å². The first-order chi connectivity index (χ1) is 9.90. The van der Waals surface area contributed by atoms with Crippen LogP contribution in [0.5, 0.6) is 0 Å². The van der Waals surface area contributed by atoms with E-state index in [1.54, 1.807) is 11.3 Å². The fourth-order valence-electron chi connectivity index (χ4n) is 2.64. The molecule has 1 aromatic rings. The van der Waals surface area contributed by atoms with E-state index in [9.17, 15) is 0 Å². The summed E-state index contributed by atoms with van der Waals surface area (Å²) in [6, 6.07) is 0.815. The van der Waals surface area contributed by atoms with Crippen LogP contribution in [0.15, 0.2) is 0 Å². The topological polar surface area (TPSA) is 47.0 Å². The Hall–Kier alpha value is -0.520. The molecule has 4 nitrogen and oxygen atoms in total. The van der Waals surface area contributed by atoms with E-state index in [-0.39, 0.29) is 0 Å². The number of hydrogen-bond donors (Lipinski definition) is 1. The second-order valence-electron chi connectivity index (χ2n) is 5.95. The molecule has 0 spiro atoms. The molecule has 0 amide bonds. The van der Waals surface area contributed by atoms with Crippen LogP contribution in [0.4, 0.5) is 0 Å². The average Bonchev–Trinajstić information content (AvgIpc) is 3.21. The lowest BCUT2D eigenvalue weighted by molar-refractivity contribution is 0.0115. The molecule has 1 saturated heterocycles. The van der Waals surface area contributed by atoms with Crippen LogP contribution in [-0.4, -0.2) is 35.5 Å². The number of nitrogens with zero attached hydrogens (tertiary/aromatic N) is 2. The highest BCUT2D eigenvalue weighted by atomic mass is 32.1. The van der Waals surface area contributed by atoms with Crippen LogP contribution < -0.4 is 5.32 Å². The molecule has 2 heterocycles. The molecule has 1 N–H and O–H groups in total. The SMILES string of the molecule is C1CCC(CCc2nnc(CCCNC3CC3)s2)OC1. The van der Waals surface area contributed by atoms with Crippen molar-refractivity contribution in [1.29, 1.82) is 0 Å². The molecule has 3 rings (SSSR count). The second kappa shape index (κ2) is 7.48. The Bertz CT molecular complexity index is 400. The highest BCUT2D eigenvalue weighted by Gasteiger charge is 2.19. The Morgan fingerprint density at radius 3 is 2.70 bits per heavy atom. The molecule has 1 aliphatic heterocycles. The molecule has 1 aromatic heterocycles. The van der Waals surface area contributed by atoms with Gasteiger partial charge in [0.05, 0.1) is 6.10 Å². The fourth-order valence-corrected chi connectivity index (χ4v) is 3.54. The quantitative estimate of drug-likeness (QED) is 0.749. The Labute approximate surface area is 125 Å². The summed E-state index contributed by atoms with van der Waals surface area (Å²) in [6.45, 7) is 2.07. The van der Waals surface area contributed by atoms with Crippen molar-refractivity contribution in [3.63, 3.8) is 0 Å². The van der Waals surface area contributed by atoms with Crippen LogP contribution >= 0.6 is 11.3 Å². The van der Waals surface area contributed by atoms with Crippen molar-refractivity contribution >= 4 is 11.3 Å². The van der Waals surface area contributed by atoms with E-state index in [2.05, 4.69) is 15.5 Å². The molecular formula is C15H25N3OS. The maximum Gasteiger partial charge on any atom is 0.117 e. The van der Waals surface area contributed by atoms with Gasteiger partial charge in [-0.05, 0) is 51.5 Å². The van der Waals surface area contributed by atoms with Crippen LogP contribution in [0.1, 0.15) is 55.0 Å². The summed E-state index contributed by atoms with van der Waals surface area (Å²) in [7, 11) is 0. The Kier molecular flexibility index (Phi) is 5.39. The number of ether oxygens (including phenoxy) is 1. The predicted octanol–water partition coefficient (Wildman–Crippen LogP) is 2.72. The minimum atomic E-state index is 0.457. The summed E-state index contributed by atoms with van der Waals surface area (Å²) < 4.78 is 5.76. The lowest BCUT2D eigenvalue weighted by Crippen LogP contribution is -2.19. The van der Waals surface area contributed by atoms with Crippen molar-refractivity contribution in [3.8, 4) is 0 Å². The molecule has 0 aromatic carbocycles. The normalized spacial score (nSPS) is 23.1. The van der Waals surface area contributed by atoms with Crippen LogP contribution in [0, 0.1) is 0 Å². The van der Waals surface area contributed by atoms with Gasteiger partial charge in [-0.15, -0.1) is 21.5 Å². The largest absolute Gasteiger partial charge is 0.378 e. The molecule has 20 heavy (non-hydrogen) atoms. The summed E-state index contributed by atoms with van der Waals surface area (Å²) in [5.74, 6) is 0. The van der Waals surface area contributed by atoms with Gasteiger partial charge in [0, 0.05) is 25.5 Å². The summed E-state index contributed by atoms with van der Waals surface area (Å²) in [5.41, 5.74) is 0. The van der Waals surface area contributed by atoms with Gasteiger partial charge < -0.3 is 10.1 Å². The van der Waals surface area contributed by atoms with Gasteiger partial charge in [-0.1, -0.05) is 0 Å². The number of aromatic nitrogens is 2. The molecule has 1 atom stereocenters. The predicted molar refractivity (Wildman–Crippen MR) is 81.2 cm³/mol. The standard InChI is InChI=1S/C15H25N3OS/c1-2-11-19-13(4-1)8-9-15-18-17-14(20-15)5-3-10-16-12-6-7-12/h12-13,16H,1-11H2. The van der Waals surface area contributed by atoms with E-state index in [4.69, 9.17) is 4.74 Å². The summed E-state index contributed by atoms with van der Waals surface area (Å²) >= 11 is 1.79. The van der Waals surface area contributed by atoms with Gasteiger partial charge in [0.1, 0.15) is 10.0 Å². The number of rotatable bonds is 8. The zero-order valence-corrected chi connectivity index (χ0v) is 13.0. The van der Waals surface area contributed by atoms with E-state index in [0.717, 1.165) is 38.5 Å². The van der Waals surface area contributed by atoms with Crippen LogP contribution in [0.3, 0.4) is 0 Å². The minimum Gasteiger partial charge on any atom is -0.378 e. The molecule has 1 unspecified atom stereocenters. The van der Waals surface area contributed by atoms with Crippen molar-refractivity contribution in [2.24, 2.45) is 0 Å². The Balaban J connectivity index is 1.32. The van der Waals surface area contributed by atoms with Gasteiger partial charge in [-0.3, -0.25) is 0 Å². The van der Waals surface area contributed by atoms with E-state index >= 15 is 0 Å². The van der Waals surface area contributed by atoms with Gasteiger partial charge in [0.2, 0.25) is 0 Å². The maximum absolute atomic E-state index is 5.76. The second-order valence-corrected chi connectivity index (χ2v) is 7.10. The summed E-state index contributed by atoms with van der Waals surface area (Å²) in [5, 5.41) is 14.6. The molecular weight excluding hydrogens is 270 g/mol. The third kappa shape index (κ3) is 4.79. The van der Waals surface area contributed by atoms with Crippen LogP contribution in [0.2, 0.25) is 0 Å². The van der Waals surface area contributed by atoms with Gasteiger partial charge in [-0.2, -0.15) is 0 Å². The zero-order valence-electron chi connectivity index (χ0n) is 12.1. The van der Waals surface area contributed by atoms with Crippen molar-refractivity contribution in [1.82, 2.24) is 15.5 Å². The average molecular weight is 295 g/mol. The number of nitrogens with one attached hydrogen (secondary N) is 1. The van der Waals surface area contributed by atoms with E-state index in [1.807, 2.05) is 0 Å². The van der Waals surface area contributed by atoms with Gasteiger partial charge in [0.25, 0.3) is 0 Å². The highest BCUT2D eigenvalue weighted by molar-refractivity contribution is 7.11. The lowest BCUT2D eigenvalue weighted by atomic mass is 10.1. The molecule has 0 bridgehead atoms.